The summed E-state index contributed by atoms with van der Waals surface area (Å²) < 4.78 is 27.2. The van der Waals surface area contributed by atoms with Crippen molar-refractivity contribution < 1.29 is 8.42 Å². The Morgan fingerprint density at radius 3 is 2.55 bits per heavy atom. The summed E-state index contributed by atoms with van der Waals surface area (Å²) in [5.74, 6) is 0.643. The lowest BCUT2D eigenvalue weighted by molar-refractivity contribution is 0.390. The number of sulfonamides is 1. The molecule has 0 bridgehead atoms. The molecule has 1 aromatic carbocycles. The van der Waals surface area contributed by atoms with Crippen molar-refractivity contribution >= 4 is 10.0 Å². The molecule has 1 aliphatic heterocycles. The summed E-state index contributed by atoms with van der Waals surface area (Å²) in [5, 5.41) is 0. The van der Waals surface area contributed by atoms with Gasteiger partial charge in [0.25, 0.3) is 0 Å². The molecular weight excluding hydrogens is 296 g/mol. The molecule has 0 saturated heterocycles. The molecule has 2 heterocycles. The third-order valence-electron chi connectivity index (χ3n) is 4.55. The molecule has 2 aliphatic rings. The molecule has 0 amide bonds. The minimum Gasteiger partial charge on any atom is -0.264 e. The molecule has 4 rings (SSSR count). The zero-order valence-electron chi connectivity index (χ0n) is 12.3. The van der Waals surface area contributed by atoms with Crippen molar-refractivity contribution in [3.05, 3.63) is 59.4 Å². The lowest BCUT2D eigenvalue weighted by Crippen LogP contribution is -2.36. The van der Waals surface area contributed by atoms with Gasteiger partial charge in [-0.2, -0.15) is 4.31 Å². The number of hydrogen-bond acceptors (Lipinski definition) is 3. The molecule has 0 radical (unpaired) electrons. The normalized spacial score (nSPS) is 18.9. The second-order valence-electron chi connectivity index (χ2n) is 6.08. The van der Waals surface area contributed by atoms with Crippen molar-refractivity contribution in [1.29, 1.82) is 0 Å². The van der Waals surface area contributed by atoms with Gasteiger partial charge in [-0.15, -0.1) is 0 Å². The molecule has 22 heavy (non-hydrogen) atoms. The van der Waals surface area contributed by atoms with Gasteiger partial charge in [0.15, 0.2) is 0 Å². The van der Waals surface area contributed by atoms with Crippen LogP contribution in [0.4, 0.5) is 0 Å². The molecule has 1 saturated carbocycles. The quantitative estimate of drug-likeness (QED) is 0.875. The SMILES string of the molecule is O=S(=O)(c1ccc(C2CC2)cc1)N1CCc2ccncc2C1. The molecule has 0 atom stereocenters. The third-order valence-corrected chi connectivity index (χ3v) is 6.41. The van der Waals surface area contributed by atoms with E-state index in [9.17, 15) is 8.42 Å². The molecule has 0 spiro atoms. The van der Waals surface area contributed by atoms with E-state index in [2.05, 4.69) is 4.98 Å². The maximum atomic E-state index is 12.8. The van der Waals surface area contributed by atoms with Gasteiger partial charge in [-0.3, -0.25) is 4.98 Å². The van der Waals surface area contributed by atoms with E-state index in [4.69, 9.17) is 0 Å². The second kappa shape index (κ2) is 5.18. The minimum atomic E-state index is -3.42. The number of fused-ring (bicyclic) bond motifs is 1. The number of nitrogens with zero attached hydrogens (tertiary/aromatic N) is 2. The Morgan fingerprint density at radius 1 is 1.05 bits per heavy atom. The molecule has 5 heteroatoms. The maximum absolute atomic E-state index is 12.8. The maximum Gasteiger partial charge on any atom is 0.243 e. The first-order valence-corrected chi connectivity index (χ1v) is 9.10. The van der Waals surface area contributed by atoms with Gasteiger partial charge in [0.1, 0.15) is 0 Å². The molecule has 2 aromatic rings. The van der Waals surface area contributed by atoms with Crippen molar-refractivity contribution in [3.8, 4) is 0 Å². The number of aromatic nitrogens is 1. The molecule has 0 N–H and O–H groups in total. The smallest absolute Gasteiger partial charge is 0.243 e. The van der Waals surface area contributed by atoms with Gasteiger partial charge in [-0.1, -0.05) is 12.1 Å². The Labute approximate surface area is 130 Å². The van der Waals surface area contributed by atoms with Crippen molar-refractivity contribution in [2.75, 3.05) is 6.54 Å². The number of rotatable bonds is 3. The van der Waals surface area contributed by atoms with Crippen LogP contribution < -0.4 is 0 Å². The lowest BCUT2D eigenvalue weighted by Gasteiger charge is -2.27. The van der Waals surface area contributed by atoms with E-state index in [0.29, 0.717) is 23.9 Å². The van der Waals surface area contributed by atoms with Gasteiger partial charge in [0.05, 0.1) is 4.90 Å². The summed E-state index contributed by atoms with van der Waals surface area (Å²) in [6, 6.07) is 9.40. The predicted molar refractivity (Wildman–Crippen MR) is 84.0 cm³/mol. The van der Waals surface area contributed by atoms with Gasteiger partial charge in [-0.25, -0.2) is 8.42 Å². The van der Waals surface area contributed by atoms with E-state index in [-0.39, 0.29) is 0 Å². The van der Waals surface area contributed by atoms with Crippen molar-refractivity contribution in [2.45, 2.75) is 36.6 Å². The summed E-state index contributed by atoms with van der Waals surface area (Å²) in [5.41, 5.74) is 3.46. The highest BCUT2D eigenvalue weighted by atomic mass is 32.2. The Bertz CT molecular complexity index is 796. The zero-order chi connectivity index (χ0) is 15.2. The van der Waals surface area contributed by atoms with E-state index in [1.807, 2.05) is 18.2 Å². The highest BCUT2D eigenvalue weighted by Gasteiger charge is 2.29. The fourth-order valence-electron chi connectivity index (χ4n) is 3.04. The largest absolute Gasteiger partial charge is 0.264 e. The summed E-state index contributed by atoms with van der Waals surface area (Å²) in [6.07, 6.45) is 6.73. The molecule has 4 nitrogen and oxygen atoms in total. The van der Waals surface area contributed by atoms with Crippen molar-refractivity contribution in [2.24, 2.45) is 0 Å². The van der Waals surface area contributed by atoms with Crippen molar-refractivity contribution in [3.63, 3.8) is 0 Å². The van der Waals surface area contributed by atoms with Gasteiger partial charge >= 0.3 is 0 Å². The molecule has 114 valence electrons. The van der Waals surface area contributed by atoms with Crippen LogP contribution in [-0.2, 0) is 23.0 Å². The second-order valence-corrected chi connectivity index (χ2v) is 8.01. The highest BCUT2D eigenvalue weighted by molar-refractivity contribution is 7.89. The van der Waals surface area contributed by atoms with E-state index in [1.54, 1.807) is 28.8 Å². The third kappa shape index (κ3) is 2.44. The van der Waals surface area contributed by atoms with Crippen LogP contribution in [-0.4, -0.2) is 24.3 Å². The van der Waals surface area contributed by atoms with Crippen molar-refractivity contribution in [1.82, 2.24) is 9.29 Å². The van der Waals surface area contributed by atoms with Gasteiger partial charge in [0, 0.05) is 25.5 Å². The monoisotopic (exact) mass is 314 g/mol. The minimum absolute atomic E-state index is 0.393. The molecule has 1 fully saturated rings. The molecule has 1 aromatic heterocycles. The average molecular weight is 314 g/mol. The van der Waals surface area contributed by atoms with Gasteiger partial charge in [-0.05, 0) is 60.1 Å². The zero-order valence-corrected chi connectivity index (χ0v) is 13.1. The Morgan fingerprint density at radius 2 is 1.82 bits per heavy atom. The average Bonchev–Trinajstić information content (AvgIpc) is 3.39. The van der Waals surface area contributed by atoms with E-state index in [1.165, 1.54) is 24.0 Å². The summed E-state index contributed by atoms with van der Waals surface area (Å²) >= 11 is 0. The summed E-state index contributed by atoms with van der Waals surface area (Å²) in [7, 11) is -3.42. The van der Waals surface area contributed by atoms with Crippen LogP contribution >= 0.6 is 0 Å². The standard InChI is InChI=1S/C17H18N2O2S/c20-22(21,17-5-3-14(4-6-17)13-1-2-13)19-10-8-15-7-9-18-11-16(15)12-19/h3-7,9,11,13H,1-2,8,10,12H2. The summed E-state index contributed by atoms with van der Waals surface area (Å²) in [6.45, 7) is 0.944. The van der Waals surface area contributed by atoms with E-state index < -0.39 is 10.0 Å². The topological polar surface area (TPSA) is 50.3 Å². The fraction of sp³-hybridized carbons (Fsp3) is 0.353. The van der Waals surface area contributed by atoms with Crippen LogP contribution in [0.5, 0.6) is 0 Å². The van der Waals surface area contributed by atoms with Crippen LogP contribution in [0.15, 0.2) is 47.6 Å². The summed E-state index contributed by atoms with van der Waals surface area (Å²) in [4.78, 5) is 4.50. The molecule has 1 aliphatic carbocycles. The van der Waals surface area contributed by atoms with Gasteiger partial charge in [0.2, 0.25) is 10.0 Å². The number of benzene rings is 1. The lowest BCUT2D eigenvalue weighted by atomic mass is 10.0. The van der Waals surface area contributed by atoms with Crippen LogP contribution in [0.2, 0.25) is 0 Å². The Balaban J connectivity index is 1.61. The fourth-order valence-corrected chi connectivity index (χ4v) is 4.46. The molecular formula is C17H18N2O2S. The Hall–Kier alpha value is -1.72. The van der Waals surface area contributed by atoms with Gasteiger partial charge < -0.3 is 0 Å². The molecule has 0 unspecified atom stereocenters. The highest BCUT2D eigenvalue weighted by Crippen LogP contribution is 2.40. The van der Waals surface area contributed by atoms with Crippen LogP contribution in [0.3, 0.4) is 0 Å². The first-order chi connectivity index (χ1) is 10.6. The predicted octanol–water partition coefficient (Wildman–Crippen LogP) is 2.71. The Kier molecular flexibility index (Phi) is 3.27. The van der Waals surface area contributed by atoms with Crippen LogP contribution in [0.1, 0.15) is 35.4 Å². The van der Waals surface area contributed by atoms with Crippen LogP contribution in [0.25, 0.3) is 0 Å². The van der Waals surface area contributed by atoms with E-state index in [0.717, 1.165) is 12.0 Å². The first-order valence-electron chi connectivity index (χ1n) is 7.66. The van der Waals surface area contributed by atoms with Crippen LogP contribution in [0, 0.1) is 0 Å². The first kappa shape index (κ1) is 13.9. The number of hydrogen-bond donors (Lipinski definition) is 0. The van der Waals surface area contributed by atoms with E-state index >= 15 is 0 Å². The number of pyridine rings is 1.